The highest BCUT2D eigenvalue weighted by Crippen LogP contribution is 2.42. The van der Waals surface area contributed by atoms with Gasteiger partial charge in [0.15, 0.2) is 18.1 Å². The SMILES string of the molecule is C#CCN1C(=O)COc2cc(F)c(N3C(=O)C4=C(CCCC4)C3=O)cc21.CSC(=O)c1c(C(F)F)nc(C(F)(F)F)c(C(=O)SC)c1CC(C)C. The number of amides is 3. The summed E-state index contributed by atoms with van der Waals surface area (Å²) in [6.45, 7) is 3.04. The van der Waals surface area contributed by atoms with Gasteiger partial charge in [-0.25, -0.2) is 23.1 Å². The zero-order valence-corrected chi connectivity index (χ0v) is 29.3. The Hall–Kier alpha value is -4.30. The van der Waals surface area contributed by atoms with Crippen LogP contribution in [0.15, 0.2) is 23.3 Å². The highest BCUT2D eigenvalue weighted by atomic mass is 32.2. The zero-order chi connectivity index (χ0) is 37.9. The van der Waals surface area contributed by atoms with E-state index in [0.29, 0.717) is 47.5 Å². The van der Waals surface area contributed by atoms with Gasteiger partial charge in [0, 0.05) is 17.2 Å². The van der Waals surface area contributed by atoms with E-state index < -0.39 is 63.0 Å². The molecule has 0 unspecified atom stereocenters. The van der Waals surface area contributed by atoms with E-state index >= 15 is 0 Å². The van der Waals surface area contributed by atoms with Gasteiger partial charge >= 0.3 is 6.18 Å². The maximum absolute atomic E-state index is 14.7. The van der Waals surface area contributed by atoms with Gasteiger partial charge in [0.25, 0.3) is 24.1 Å². The number of anilines is 2. The molecule has 0 saturated carbocycles. The first kappa shape index (κ1) is 39.5. The summed E-state index contributed by atoms with van der Waals surface area (Å²) < 4.78 is 86.7. The third-order valence-electron chi connectivity index (χ3n) is 8.05. The lowest BCUT2D eigenvalue weighted by atomic mass is 9.92. The third kappa shape index (κ3) is 7.96. The predicted molar refractivity (Wildman–Crippen MR) is 179 cm³/mol. The summed E-state index contributed by atoms with van der Waals surface area (Å²) in [5.41, 5.74) is -3.63. The lowest BCUT2D eigenvalue weighted by molar-refractivity contribution is -0.141. The molecule has 0 saturated heterocycles. The quantitative estimate of drug-likeness (QED) is 0.165. The van der Waals surface area contributed by atoms with Gasteiger partial charge in [0.2, 0.25) is 10.2 Å². The van der Waals surface area contributed by atoms with Crippen molar-refractivity contribution in [2.45, 2.75) is 58.6 Å². The minimum atomic E-state index is -5.10. The van der Waals surface area contributed by atoms with E-state index in [-0.39, 0.29) is 54.1 Å². The van der Waals surface area contributed by atoms with E-state index in [1.807, 2.05) is 0 Å². The molecule has 0 atom stereocenters. The molecule has 2 aromatic rings. The average molecular weight is 756 g/mol. The Balaban J connectivity index is 0.000000229. The Morgan fingerprint density at radius 2 is 1.55 bits per heavy atom. The Kier molecular flexibility index (Phi) is 12.3. The number of benzene rings is 1. The number of ether oxygens (including phenoxy) is 1. The molecule has 5 rings (SSSR count). The minimum absolute atomic E-state index is 0.0170. The number of pyridine rings is 1. The highest BCUT2D eigenvalue weighted by Gasteiger charge is 2.43. The fourth-order valence-electron chi connectivity index (χ4n) is 5.89. The summed E-state index contributed by atoms with van der Waals surface area (Å²) >= 11 is 1.09. The number of terminal acetylenes is 1. The molecule has 0 bridgehead atoms. The van der Waals surface area contributed by atoms with Crippen molar-refractivity contribution in [1.29, 1.82) is 0 Å². The fourth-order valence-corrected chi connectivity index (χ4v) is 6.74. The topological polar surface area (TPSA) is 114 Å². The smallest absolute Gasteiger partial charge is 0.434 e. The summed E-state index contributed by atoms with van der Waals surface area (Å²) in [5, 5.41) is -1.81. The second-order valence-corrected chi connectivity index (χ2v) is 13.4. The summed E-state index contributed by atoms with van der Waals surface area (Å²) in [6.07, 6.45) is 2.00. The number of carbonyl (C=O) groups excluding carboxylic acids is 5. The van der Waals surface area contributed by atoms with E-state index in [1.54, 1.807) is 13.8 Å². The van der Waals surface area contributed by atoms with Gasteiger partial charge in [-0.3, -0.25) is 28.9 Å². The van der Waals surface area contributed by atoms with Gasteiger partial charge in [-0.15, -0.1) is 6.42 Å². The number of alkyl halides is 5. The van der Waals surface area contributed by atoms with Crippen LogP contribution in [0.4, 0.5) is 37.7 Å². The number of rotatable bonds is 7. The number of hydrogen-bond acceptors (Lipinski definition) is 9. The normalized spacial score (nSPS) is 15.8. The lowest BCUT2D eigenvalue weighted by Crippen LogP contribution is -2.39. The number of halogens is 6. The first-order valence-electron chi connectivity index (χ1n) is 15.4. The third-order valence-corrected chi connectivity index (χ3v) is 9.20. The monoisotopic (exact) mass is 755 g/mol. The van der Waals surface area contributed by atoms with Crippen molar-refractivity contribution in [3.05, 3.63) is 57.2 Å². The Labute approximate surface area is 297 Å². The summed E-state index contributed by atoms with van der Waals surface area (Å²) in [6, 6.07) is 2.37. The van der Waals surface area contributed by atoms with Crippen LogP contribution < -0.4 is 14.5 Å². The Morgan fingerprint density at radius 3 is 2.04 bits per heavy atom. The zero-order valence-electron chi connectivity index (χ0n) is 27.7. The molecule has 2 aliphatic heterocycles. The van der Waals surface area contributed by atoms with Crippen LogP contribution in [0.3, 0.4) is 0 Å². The predicted octanol–water partition coefficient (Wildman–Crippen LogP) is 7.17. The molecule has 3 heterocycles. The van der Waals surface area contributed by atoms with Crippen LogP contribution in [-0.2, 0) is 27.0 Å². The van der Waals surface area contributed by atoms with E-state index in [0.717, 1.165) is 23.8 Å². The largest absolute Gasteiger partial charge is 0.481 e. The first-order valence-corrected chi connectivity index (χ1v) is 17.8. The summed E-state index contributed by atoms with van der Waals surface area (Å²) in [7, 11) is 0. The molecular weight excluding hydrogens is 725 g/mol. The van der Waals surface area contributed by atoms with Crippen molar-refractivity contribution >= 4 is 62.9 Å². The number of thioether (sulfide) groups is 2. The van der Waals surface area contributed by atoms with Crippen LogP contribution in [-0.4, -0.2) is 58.6 Å². The van der Waals surface area contributed by atoms with Gasteiger partial charge in [0.1, 0.15) is 11.4 Å². The van der Waals surface area contributed by atoms with E-state index in [2.05, 4.69) is 10.9 Å². The van der Waals surface area contributed by atoms with Crippen molar-refractivity contribution in [1.82, 2.24) is 4.98 Å². The van der Waals surface area contributed by atoms with Crippen LogP contribution in [0.5, 0.6) is 5.75 Å². The van der Waals surface area contributed by atoms with Crippen LogP contribution >= 0.6 is 23.5 Å². The van der Waals surface area contributed by atoms with Gasteiger partial charge in [-0.05, 0) is 62.2 Å². The number of aromatic nitrogens is 1. The minimum Gasteiger partial charge on any atom is -0.481 e. The van der Waals surface area contributed by atoms with Gasteiger partial charge in [0.05, 0.1) is 29.0 Å². The first-order chi connectivity index (χ1) is 24.0. The van der Waals surface area contributed by atoms with Crippen molar-refractivity contribution in [2.75, 3.05) is 35.5 Å². The number of nitrogens with zero attached hydrogens (tertiary/aromatic N) is 3. The molecule has 17 heteroatoms. The molecule has 0 fully saturated rings. The number of fused-ring (bicyclic) bond motifs is 1. The van der Waals surface area contributed by atoms with Crippen molar-refractivity contribution < 1.29 is 55.1 Å². The number of hydrogen-bond donors (Lipinski definition) is 0. The van der Waals surface area contributed by atoms with Crippen LogP contribution in [0.25, 0.3) is 0 Å². The highest BCUT2D eigenvalue weighted by molar-refractivity contribution is 8.13. The molecule has 0 N–H and O–H groups in total. The van der Waals surface area contributed by atoms with E-state index in [9.17, 15) is 50.3 Å². The molecule has 3 aliphatic rings. The van der Waals surface area contributed by atoms with Crippen LogP contribution in [0.1, 0.15) is 83.6 Å². The molecular formula is C34H31F6N3O6S2. The van der Waals surface area contributed by atoms with Crippen molar-refractivity contribution in [3.63, 3.8) is 0 Å². The van der Waals surface area contributed by atoms with Gasteiger partial charge in [-0.2, -0.15) is 13.2 Å². The average Bonchev–Trinajstić information content (AvgIpc) is 3.33. The molecule has 272 valence electrons. The summed E-state index contributed by atoms with van der Waals surface area (Å²) in [5.74, 6) is 0.138. The van der Waals surface area contributed by atoms with E-state index in [1.165, 1.54) is 23.5 Å². The van der Waals surface area contributed by atoms with E-state index in [4.69, 9.17) is 11.2 Å². The standard InChI is InChI=1S/C19H15FN2O4.C15H16F5NO2S2/c1-2-7-21-15-9-14(13(20)8-16(15)26-10-17(21)23)22-18(24)11-5-3-4-6-12(11)19(22)25;1-6(2)5-7-8(13(22)24-3)10(12(16)17)21-11(15(18,19)20)9(7)14(23)25-4/h1,8-9H,3-7,10H2;6,12H,5H2,1-4H3. The van der Waals surface area contributed by atoms with Crippen LogP contribution in [0.2, 0.25) is 0 Å². The van der Waals surface area contributed by atoms with Gasteiger partial charge < -0.3 is 4.74 Å². The van der Waals surface area contributed by atoms with Crippen LogP contribution in [0, 0.1) is 24.1 Å². The maximum atomic E-state index is 14.7. The Morgan fingerprint density at radius 1 is 0.980 bits per heavy atom. The van der Waals surface area contributed by atoms with Crippen molar-refractivity contribution in [3.8, 4) is 18.1 Å². The molecule has 0 radical (unpaired) electrons. The molecule has 3 amide bonds. The second kappa shape index (κ2) is 15.9. The molecule has 1 aromatic heterocycles. The van der Waals surface area contributed by atoms with Gasteiger partial charge in [-0.1, -0.05) is 43.3 Å². The molecule has 9 nitrogen and oxygen atoms in total. The van der Waals surface area contributed by atoms with Crippen molar-refractivity contribution in [2.24, 2.45) is 5.92 Å². The summed E-state index contributed by atoms with van der Waals surface area (Å²) in [4.78, 5) is 66.9. The maximum Gasteiger partial charge on any atom is 0.434 e. The number of carbonyl (C=O) groups is 5. The molecule has 1 aromatic carbocycles. The second-order valence-electron chi connectivity index (χ2n) is 11.8. The molecule has 1 aliphatic carbocycles. The molecule has 51 heavy (non-hydrogen) atoms. The fraction of sp³-hybridized carbons (Fsp3) is 0.412. The lowest BCUT2D eigenvalue weighted by Gasteiger charge is -2.29. The number of imide groups is 1. The Bertz CT molecular complexity index is 1840. The molecule has 0 spiro atoms.